The van der Waals surface area contributed by atoms with Crippen LogP contribution < -0.4 is 24.6 Å². The molecule has 0 aliphatic carbocycles. The molecular weight excluding hydrogens is 448 g/mol. The Balaban J connectivity index is 1.41. The van der Waals surface area contributed by atoms with Crippen LogP contribution in [0.1, 0.15) is 13.8 Å². The van der Waals surface area contributed by atoms with Crippen molar-refractivity contribution < 1.29 is 9.47 Å². The van der Waals surface area contributed by atoms with Crippen molar-refractivity contribution in [3.8, 4) is 11.5 Å². The van der Waals surface area contributed by atoms with Crippen LogP contribution in [0.15, 0.2) is 42.7 Å². The highest BCUT2D eigenvalue weighted by molar-refractivity contribution is 7.80. The molecule has 0 spiro atoms. The van der Waals surface area contributed by atoms with Crippen LogP contribution in [0.25, 0.3) is 10.9 Å². The number of hydrogen-bond donors (Lipinski definition) is 1. The fourth-order valence-corrected chi connectivity index (χ4v) is 4.59. The molecule has 2 aromatic carbocycles. The maximum absolute atomic E-state index is 5.71. The average Bonchev–Trinajstić information content (AvgIpc) is 2.89. The van der Waals surface area contributed by atoms with E-state index in [4.69, 9.17) is 21.7 Å². The van der Waals surface area contributed by atoms with Gasteiger partial charge in [-0.05, 0) is 56.4 Å². The zero-order valence-corrected chi connectivity index (χ0v) is 21.1. The smallest absolute Gasteiger partial charge is 0.173 e. The summed E-state index contributed by atoms with van der Waals surface area (Å²) < 4.78 is 10.9. The van der Waals surface area contributed by atoms with Gasteiger partial charge in [0, 0.05) is 62.1 Å². The van der Waals surface area contributed by atoms with E-state index in [9.17, 15) is 0 Å². The van der Waals surface area contributed by atoms with Gasteiger partial charge in [0.05, 0.1) is 19.7 Å². The Morgan fingerprint density at radius 3 is 2.24 bits per heavy atom. The Labute approximate surface area is 206 Å². The largest absolute Gasteiger partial charge is 0.493 e. The Morgan fingerprint density at radius 1 is 0.971 bits per heavy atom. The van der Waals surface area contributed by atoms with Crippen molar-refractivity contribution >= 4 is 45.4 Å². The van der Waals surface area contributed by atoms with E-state index >= 15 is 0 Å². The first-order valence-corrected chi connectivity index (χ1v) is 12.0. The standard InChI is InChI=1S/C25H32N6O2S/c1-5-29(6-2)19-9-7-18(8-10-19)28-25(34)31-13-11-30(12-14-31)24-20-15-22(32-3)23(33-4)16-21(20)26-17-27-24/h7-10,15-17H,5-6,11-14H2,1-4H3,(H,28,34). The predicted octanol–water partition coefficient (Wildman–Crippen LogP) is 4.01. The summed E-state index contributed by atoms with van der Waals surface area (Å²) in [6.07, 6.45) is 1.60. The second kappa shape index (κ2) is 10.7. The number of fused-ring (bicyclic) bond motifs is 1. The first kappa shape index (κ1) is 23.8. The summed E-state index contributed by atoms with van der Waals surface area (Å²) in [5, 5.41) is 5.08. The molecular formula is C25H32N6O2S. The lowest BCUT2D eigenvalue weighted by atomic mass is 10.2. The molecule has 4 rings (SSSR count). The SMILES string of the molecule is CCN(CC)c1ccc(NC(=S)N2CCN(c3ncnc4cc(OC)c(OC)cc34)CC2)cc1. The number of rotatable bonds is 7. The molecule has 34 heavy (non-hydrogen) atoms. The van der Waals surface area contributed by atoms with E-state index < -0.39 is 0 Å². The van der Waals surface area contributed by atoms with Crippen LogP contribution >= 0.6 is 12.2 Å². The van der Waals surface area contributed by atoms with Crippen LogP contribution in [-0.2, 0) is 0 Å². The Morgan fingerprint density at radius 2 is 1.62 bits per heavy atom. The normalized spacial score (nSPS) is 13.6. The molecule has 9 heteroatoms. The molecule has 0 amide bonds. The van der Waals surface area contributed by atoms with E-state index in [1.54, 1.807) is 20.5 Å². The second-order valence-corrected chi connectivity index (χ2v) is 8.43. The zero-order chi connectivity index (χ0) is 24.1. The number of nitrogens with zero attached hydrogens (tertiary/aromatic N) is 5. The van der Waals surface area contributed by atoms with Crippen LogP contribution in [0, 0.1) is 0 Å². The first-order chi connectivity index (χ1) is 16.6. The van der Waals surface area contributed by atoms with Crippen molar-refractivity contribution in [2.75, 3.05) is 68.6 Å². The van der Waals surface area contributed by atoms with E-state index in [0.717, 1.165) is 66.8 Å². The molecule has 8 nitrogen and oxygen atoms in total. The molecule has 0 atom stereocenters. The number of benzene rings is 2. The molecule has 1 aliphatic heterocycles. The van der Waals surface area contributed by atoms with E-state index in [1.807, 2.05) is 12.1 Å². The Hall–Kier alpha value is -3.33. The maximum Gasteiger partial charge on any atom is 0.173 e. The lowest BCUT2D eigenvalue weighted by Crippen LogP contribution is -2.50. The topological polar surface area (TPSA) is 66.0 Å². The van der Waals surface area contributed by atoms with Crippen molar-refractivity contribution in [3.63, 3.8) is 0 Å². The minimum absolute atomic E-state index is 0.658. The van der Waals surface area contributed by atoms with Gasteiger partial charge in [-0.3, -0.25) is 0 Å². The highest BCUT2D eigenvalue weighted by Crippen LogP contribution is 2.35. The summed E-state index contributed by atoms with van der Waals surface area (Å²) in [4.78, 5) is 15.8. The second-order valence-electron chi connectivity index (χ2n) is 8.05. The van der Waals surface area contributed by atoms with E-state index in [1.165, 1.54) is 5.69 Å². The van der Waals surface area contributed by atoms with Crippen molar-refractivity contribution in [2.24, 2.45) is 0 Å². The van der Waals surface area contributed by atoms with Crippen LogP contribution in [0.5, 0.6) is 11.5 Å². The molecule has 0 unspecified atom stereocenters. The molecule has 1 fully saturated rings. The summed E-state index contributed by atoms with van der Waals surface area (Å²) in [5.41, 5.74) is 3.06. The molecule has 180 valence electrons. The van der Waals surface area contributed by atoms with Crippen LogP contribution in [0.4, 0.5) is 17.2 Å². The van der Waals surface area contributed by atoms with E-state index in [0.29, 0.717) is 11.5 Å². The predicted molar refractivity (Wildman–Crippen MR) is 143 cm³/mol. The van der Waals surface area contributed by atoms with E-state index in [2.05, 4.69) is 68.1 Å². The van der Waals surface area contributed by atoms with Crippen molar-refractivity contribution in [1.82, 2.24) is 14.9 Å². The quantitative estimate of drug-likeness (QED) is 0.505. The number of nitrogens with one attached hydrogen (secondary N) is 1. The number of ether oxygens (including phenoxy) is 2. The van der Waals surface area contributed by atoms with Crippen LogP contribution in [-0.4, -0.2) is 73.5 Å². The molecule has 0 radical (unpaired) electrons. The zero-order valence-electron chi connectivity index (χ0n) is 20.2. The number of methoxy groups -OCH3 is 2. The van der Waals surface area contributed by atoms with Crippen molar-refractivity contribution in [3.05, 3.63) is 42.7 Å². The summed E-state index contributed by atoms with van der Waals surface area (Å²) in [6.45, 7) is 9.56. The fourth-order valence-electron chi connectivity index (χ4n) is 4.29. The van der Waals surface area contributed by atoms with Gasteiger partial charge in [-0.1, -0.05) is 0 Å². The highest BCUT2D eigenvalue weighted by atomic mass is 32.1. The number of anilines is 3. The maximum atomic E-state index is 5.71. The van der Waals surface area contributed by atoms with Gasteiger partial charge in [0.15, 0.2) is 16.6 Å². The lowest BCUT2D eigenvalue weighted by molar-refractivity contribution is 0.355. The third kappa shape index (κ3) is 4.94. The third-order valence-corrected chi connectivity index (χ3v) is 6.59. The highest BCUT2D eigenvalue weighted by Gasteiger charge is 2.22. The molecule has 1 N–H and O–H groups in total. The summed E-state index contributed by atoms with van der Waals surface area (Å²) >= 11 is 5.71. The molecule has 0 saturated carbocycles. The molecule has 1 aromatic heterocycles. The van der Waals surface area contributed by atoms with Gasteiger partial charge < -0.3 is 29.5 Å². The van der Waals surface area contributed by atoms with Gasteiger partial charge in [0.2, 0.25) is 0 Å². The first-order valence-electron chi connectivity index (χ1n) is 11.6. The van der Waals surface area contributed by atoms with E-state index in [-0.39, 0.29) is 0 Å². The van der Waals surface area contributed by atoms with Crippen molar-refractivity contribution in [1.29, 1.82) is 0 Å². The third-order valence-electron chi connectivity index (χ3n) is 6.23. The van der Waals surface area contributed by atoms with Gasteiger partial charge in [-0.2, -0.15) is 0 Å². The van der Waals surface area contributed by atoms with Gasteiger partial charge in [-0.25, -0.2) is 9.97 Å². The fraction of sp³-hybridized carbons (Fsp3) is 0.400. The minimum Gasteiger partial charge on any atom is -0.493 e. The molecule has 2 heterocycles. The monoisotopic (exact) mass is 480 g/mol. The Bertz CT molecular complexity index is 1130. The Kier molecular flexibility index (Phi) is 7.52. The van der Waals surface area contributed by atoms with Crippen LogP contribution in [0.2, 0.25) is 0 Å². The van der Waals surface area contributed by atoms with Crippen molar-refractivity contribution in [2.45, 2.75) is 13.8 Å². The summed E-state index contributed by atoms with van der Waals surface area (Å²) in [7, 11) is 3.26. The number of hydrogen-bond acceptors (Lipinski definition) is 7. The van der Waals surface area contributed by atoms with Crippen LogP contribution in [0.3, 0.4) is 0 Å². The van der Waals surface area contributed by atoms with Gasteiger partial charge >= 0.3 is 0 Å². The average molecular weight is 481 g/mol. The molecule has 3 aromatic rings. The number of thiocarbonyl (C=S) groups is 1. The number of piperazine rings is 1. The summed E-state index contributed by atoms with van der Waals surface area (Å²) in [5.74, 6) is 2.23. The number of aromatic nitrogens is 2. The lowest BCUT2D eigenvalue weighted by Gasteiger charge is -2.37. The van der Waals surface area contributed by atoms with Gasteiger partial charge in [0.25, 0.3) is 0 Å². The molecule has 1 saturated heterocycles. The van der Waals surface area contributed by atoms with Gasteiger partial charge in [-0.15, -0.1) is 0 Å². The molecule has 1 aliphatic rings. The minimum atomic E-state index is 0.658. The summed E-state index contributed by atoms with van der Waals surface area (Å²) in [6, 6.07) is 12.3. The van der Waals surface area contributed by atoms with Gasteiger partial charge in [0.1, 0.15) is 12.1 Å². The molecule has 0 bridgehead atoms.